The summed E-state index contributed by atoms with van der Waals surface area (Å²) >= 11 is 0. The van der Waals surface area contributed by atoms with Gasteiger partial charge in [0, 0.05) is 31.6 Å². The molecule has 0 radical (unpaired) electrons. The average Bonchev–Trinajstić information content (AvgIpc) is 3.27. The molecule has 31 heavy (non-hydrogen) atoms. The Labute approximate surface area is 183 Å². The highest BCUT2D eigenvalue weighted by Crippen LogP contribution is 2.34. The number of anilines is 1. The molecule has 1 aromatic heterocycles. The summed E-state index contributed by atoms with van der Waals surface area (Å²) in [4.78, 5) is 26.5. The number of amides is 1. The maximum atomic E-state index is 12.5. The van der Waals surface area contributed by atoms with Gasteiger partial charge in [0.1, 0.15) is 5.69 Å². The van der Waals surface area contributed by atoms with Crippen LogP contribution in [0.3, 0.4) is 0 Å². The number of hydrogen-bond donors (Lipinski definition) is 0. The van der Waals surface area contributed by atoms with E-state index in [0.29, 0.717) is 12.1 Å². The van der Waals surface area contributed by atoms with Crippen LogP contribution in [0.15, 0.2) is 42.5 Å². The number of aromatic nitrogens is 2. The van der Waals surface area contributed by atoms with Gasteiger partial charge < -0.3 is 9.80 Å². The molecule has 3 aromatic rings. The van der Waals surface area contributed by atoms with Gasteiger partial charge in [-0.2, -0.15) is 5.26 Å². The molecule has 1 amide bonds. The van der Waals surface area contributed by atoms with Crippen molar-refractivity contribution in [2.24, 2.45) is 5.92 Å². The summed E-state index contributed by atoms with van der Waals surface area (Å²) < 4.78 is 0. The molecule has 1 saturated heterocycles. The summed E-state index contributed by atoms with van der Waals surface area (Å²) in [6.07, 6.45) is 0.889. The topological polar surface area (TPSA) is 73.1 Å². The lowest BCUT2D eigenvalue weighted by Crippen LogP contribution is -2.41. The number of likely N-dealkylation sites (N-methyl/N-ethyl adjacent to an activating group) is 1. The van der Waals surface area contributed by atoms with E-state index in [-0.39, 0.29) is 17.9 Å². The molecular formula is C25H27N5O. The lowest BCUT2D eigenvalue weighted by molar-refractivity contribution is -0.134. The number of hydrogen-bond acceptors (Lipinski definition) is 5. The molecule has 0 N–H and O–H groups in total. The zero-order valence-electron chi connectivity index (χ0n) is 18.5. The van der Waals surface area contributed by atoms with Crippen molar-refractivity contribution in [3.63, 3.8) is 0 Å². The summed E-state index contributed by atoms with van der Waals surface area (Å²) in [6.45, 7) is 7.41. The fourth-order valence-electron chi connectivity index (χ4n) is 4.18. The van der Waals surface area contributed by atoms with Gasteiger partial charge in [0.05, 0.1) is 28.7 Å². The zero-order chi connectivity index (χ0) is 22.1. The van der Waals surface area contributed by atoms with E-state index in [1.165, 1.54) is 0 Å². The Balaban J connectivity index is 1.78. The molecule has 2 heterocycles. The molecule has 158 valence electrons. The molecule has 1 fully saturated rings. The molecule has 1 atom stereocenters. The van der Waals surface area contributed by atoms with E-state index < -0.39 is 0 Å². The first-order valence-corrected chi connectivity index (χ1v) is 10.7. The molecule has 0 saturated carbocycles. The molecular weight excluding hydrogens is 386 g/mol. The first kappa shape index (κ1) is 20.8. The Hall–Kier alpha value is -3.46. The number of aryl methyl sites for hydroxylation is 1. The number of carbonyl (C=O) groups excluding carboxylic acids is 1. The predicted octanol–water partition coefficient (Wildman–Crippen LogP) is 4.17. The van der Waals surface area contributed by atoms with E-state index in [9.17, 15) is 10.1 Å². The van der Waals surface area contributed by atoms with Crippen molar-refractivity contribution >= 4 is 22.8 Å². The maximum Gasteiger partial charge on any atom is 0.225 e. The van der Waals surface area contributed by atoms with Crippen molar-refractivity contribution < 1.29 is 4.79 Å². The fraction of sp³-hybridized carbons (Fsp3) is 0.360. The van der Waals surface area contributed by atoms with Crippen LogP contribution in [-0.4, -0.2) is 47.0 Å². The van der Waals surface area contributed by atoms with Gasteiger partial charge in [0.2, 0.25) is 5.91 Å². The molecule has 1 aliphatic heterocycles. The molecule has 6 heteroatoms. The summed E-state index contributed by atoms with van der Waals surface area (Å²) in [5.74, 6) is 0.950. The van der Waals surface area contributed by atoms with Crippen molar-refractivity contribution in [1.29, 1.82) is 5.26 Å². The SMILES string of the molecule is Cc1ccc(C#N)cc1-c1nc2ccccc2nc1N1CC[C@H](N(C)C(=O)C(C)C)C1. The van der Waals surface area contributed by atoms with Crippen molar-refractivity contribution in [3.05, 3.63) is 53.6 Å². The molecule has 0 unspecified atom stereocenters. The van der Waals surface area contributed by atoms with E-state index in [2.05, 4.69) is 11.0 Å². The van der Waals surface area contributed by atoms with Gasteiger partial charge in [-0.3, -0.25) is 4.79 Å². The van der Waals surface area contributed by atoms with Gasteiger partial charge >= 0.3 is 0 Å². The van der Waals surface area contributed by atoms with Gasteiger partial charge in [0.15, 0.2) is 5.82 Å². The third kappa shape index (κ3) is 3.96. The molecule has 0 spiro atoms. The fourth-order valence-corrected chi connectivity index (χ4v) is 4.18. The highest BCUT2D eigenvalue weighted by Gasteiger charge is 2.32. The number of nitriles is 1. The summed E-state index contributed by atoms with van der Waals surface area (Å²) in [7, 11) is 1.89. The van der Waals surface area contributed by atoms with Crippen LogP contribution < -0.4 is 4.90 Å². The van der Waals surface area contributed by atoms with Crippen molar-refractivity contribution in [2.45, 2.75) is 33.2 Å². The molecule has 4 rings (SSSR count). The Morgan fingerprint density at radius 1 is 1.19 bits per heavy atom. The van der Waals surface area contributed by atoms with Crippen LogP contribution in [0.1, 0.15) is 31.4 Å². The van der Waals surface area contributed by atoms with Crippen LogP contribution in [0.2, 0.25) is 0 Å². The molecule has 6 nitrogen and oxygen atoms in total. The predicted molar refractivity (Wildman–Crippen MR) is 123 cm³/mol. The van der Waals surface area contributed by atoms with Crippen LogP contribution in [-0.2, 0) is 4.79 Å². The first-order valence-electron chi connectivity index (χ1n) is 10.7. The van der Waals surface area contributed by atoms with Crippen molar-refractivity contribution in [1.82, 2.24) is 14.9 Å². The van der Waals surface area contributed by atoms with Crippen molar-refractivity contribution in [2.75, 3.05) is 25.0 Å². The number of benzene rings is 2. The lowest BCUT2D eigenvalue weighted by atomic mass is 10.0. The quantitative estimate of drug-likeness (QED) is 0.642. The third-order valence-corrected chi connectivity index (χ3v) is 6.03. The smallest absolute Gasteiger partial charge is 0.225 e. The summed E-state index contributed by atoms with van der Waals surface area (Å²) in [5, 5.41) is 9.41. The van der Waals surface area contributed by atoms with Gasteiger partial charge in [-0.1, -0.05) is 32.0 Å². The maximum absolute atomic E-state index is 12.5. The van der Waals surface area contributed by atoms with Crippen LogP contribution >= 0.6 is 0 Å². The standard InChI is InChI=1S/C25H27N5O/c1-16(2)25(31)29(4)19-11-12-30(15-19)24-23(20-13-18(14-26)10-9-17(20)3)27-21-7-5-6-8-22(21)28-24/h5-10,13,16,19H,11-12,15H2,1-4H3/t19-/m0/s1. The Bertz CT molecular complexity index is 1180. The van der Waals surface area contributed by atoms with Gasteiger partial charge in [-0.05, 0) is 43.2 Å². The summed E-state index contributed by atoms with van der Waals surface area (Å²) in [5.41, 5.74) is 5.01. The van der Waals surface area contributed by atoms with E-state index in [0.717, 1.165) is 46.6 Å². The summed E-state index contributed by atoms with van der Waals surface area (Å²) in [6, 6.07) is 15.9. The minimum Gasteiger partial charge on any atom is -0.353 e. The van der Waals surface area contributed by atoms with Gasteiger partial charge in [0.25, 0.3) is 0 Å². The Morgan fingerprint density at radius 3 is 2.58 bits per heavy atom. The van der Waals surface area contributed by atoms with E-state index in [4.69, 9.17) is 9.97 Å². The van der Waals surface area contributed by atoms with Crippen LogP contribution in [0.25, 0.3) is 22.3 Å². The third-order valence-electron chi connectivity index (χ3n) is 6.03. The second kappa shape index (κ2) is 8.35. The van der Waals surface area contributed by atoms with Crippen LogP contribution in [0, 0.1) is 24.2 Å². The minimum atomic E-state index is -0.0218. The first-order chi connectivity index (χ1) is 14.9. The lowest BCUT2D eigenvalue weighted by Gasteiger charge is -2.27. The average molecular weight is 414 g/mol. The van der Waals surface area contributed by atoms with Gasteiger partial charge in [-0.25, -0.2) is 9.97 Å². The van der Waals surface area contributed by atoms with E-state index >= 15 is 0 Å². The highest BCUT2D eigenvalue weighted by atomic mass is 16.2. The minimum absolute atomic E-state index is 0.0218. The second-order valence-corrected chi connectivity index (χ2v) is 8.52. The second-order valence-electron chi connectivity index (χ2n) is 8.52. The number of para-hydroxylation sites is 2. The largest absolute Gasteiger partial charge is 0.353 e. The normalized spacial score (nSPS) is 16.0. The number of nitrogens with zero attached hydrogens (tertiary/aromatic N) is 5. The number of carbonyl (C=O) groups is 1. The van der Waals surface area contributed by atoms with E-state index in [1.54, 1.807) is 0 Å². The van der Waals surface area contributed by atoms with Crippen LogP contribution in [0.5, 0.6) is 0 Å². The van der Waals surface area contributed by atoms with Crippen molar-refractivity contribution in [3.8, 4) is 17.3 Å². The zero-order valence-corrected chi connectivity index (χ0v) is 18.5. The van der Waals surface area contributed by atoms with Gasteiger partial charge in [-0.15, -0.1) is 0 Å². The number of fused-ring (bicyclic) bond motifs is 1. The van der Waals surface area contributed by atoms with Crippen LogP contribution in [0.4, 0.5) is 5.82 Å². The molecule has 2 aromatic carbocycles. The monoisotopic (exact) mass is 413 g/mol. The van der Waals surface area contributed by atoms with E-state index in [1.807, 2.05) is 75.2 Å². The Kier molecular flexibility index (Phi) is 5.60. The molecule has 0 aliphatic carbocycles. The molecule has 0 bridgehead atoms. The Morgan fingerprint density at radius 2 is 1.90 bits per heavy atom. The highest BCUT2D eigenvalue weighted by molar-refractivity contribution is 5.85. The molecule has 1 aliphatic rings. The number of rotatable bonds is 4.